The summed E-state index contributed by atoms with van der Waals surface area (Å²) in [5.74, 6) is -0.112. The van der Waals surface area contributed by atoms with Gasteiger partial charge in [0.25, 0.3) is 0 Å². The van der Waals surface area contributed by atoms with Crippen LogP contribution in [-0.4, -0.2) is 24.8 Å². The van der Waals surface area contributed by atoms with E-state index < -0.39 is 5.97 Å². The minimum atomic E-state index is -0.462. The second kappa shape index (κ2) is 7.31. The highest BCUT2D eigenvalue weighted by Gasteiger charge is 2.12. The molecule has 2 aromatic rings. The van der Waals surface area contributed by atoms with Gasteiger partial charge in [0.1, 0.15) is 6.61 Å². The summed E-state index contributed by atoms with van der Waals surface area (Å²) in [6.07, 6.45) is 1.71. The van der Waals surface area contributed by atoms with Crippen LogP contribution in [0.5, 0.6) is 11.5 Å². The number of hydrogen-bond donors (Lipinski definition) is 1. The molecule has 0 radical (unpaired) electrons. The summed E-state index contributed by atoms with van der Waals surface area (Å²) in [4.78, 5) is 11.9. The van der Waals surface area contributed by atoms with Crippen LogP contribution >= 0.6 is 0 Å². The molecule has 4 heteroatoms. The van der Waals surface area contributed by atoms with E-state index in [2.05, 4.69) is 0 Å². The lowest BCUT2D eigenvalue weighted by Crippen LogP contribution is -2.12. The van der Waals surface area contributed by atoms with Crippen molar-refractivity contribution in [3.05, 3.63) is 65.2 Å². The van der Waals surface area contributed by atoms with Crippen molar-refractivity contribution in [3.63, 3.8) is 0 Å². The van der Waals surface area contributed by atoms with Crippen molar-refractivity contribution in [1.82, 2.24) is 0 Å². The topological polar surface area (TPSA) is 55.8 Å². The van der Waals surface area contributed by atoms with Crippen LogP contribution in [0.25, 0.3) is 6.08 Å². The van der Waals surface area contributed by atoms with Crippen molar-refractivity contribution in [2.75, 3.05) is 13.7 Å². The standard InChI is InChI=1S/C18H18O4/c1-13-7-9-14(10-8-13)11-15(18(20)21-2)12-22-17-6-4-3-5-16(17)19/h3-11,19H,12H2,1-2H3/b15-11-. The van der Waals surface area contributed by atoms with E-state index in [0.717, 1.165) is 11.1 Å². The molecular weight excluding hydrogens is 280 g/mol. The van der Waals surface area contributed by atoms with Crippen LogP contribution in [0.4, 0.5) is 0 Å². The zero-order valence-electron chi connectivity index (χ0n) is 12.6. The number of para-hydroxylation sites is 2. The van der Waals surface area contributed by atoms with Gasteiger partial charge in [0.15, 0.2) is 11.5 Å². The Hall–Kier alpha value is -2.75. The Balaban J connectivity index is 2.18. The minimum Gasteiger partial charge on any atom is -0.504 e. The molecule has 1 N–H and O–H groups in total. The van der Waals surface area contributed by atoms with Crippen molar-refractivity contribution in [3.8, 4) is 11.5 Å². The lowest BCUT2D eigenvalue weighted by molar-refractivity contribution is -0.136. The summed E-state index contributed by atoms with van der Waals surface area (Å²) in [6.45, 7) is 2.01. The Labute approximate surface area is 129 Å². The van der Waals surface area contributed by atoms with E-state index in [1.807, 2.05) is 31.2 Å². The third kappa shape index (κ3) is 4.12. The predicted molar refractivity (Wildman–Crippen MR) is 84.8 cm³/mol. The number of carbonyl (C=O) groups is 1. The average Bonchev–Trinajstić information content (AvgIpc) is 2.54. The number of hydrogen-bond acceptors (Lipinski definition) is 4. The first kappa shape index (κ1) is 15.6. The second-order valence-corrected chi connectivity index (χ2v) is 4.83. The van der Waals surface area contributed by atoms with Gasteiger partial charge >= 0.3 is 5.97 Å². The molecule has 114 valence electrons. The first-order chi connectivity index (χ1) is 10.6. The number of methoxy groups -OCH3 is 1. The molecule has 0 unspecified atom stereocenters. The molecule has 2 aromatic carbocycles. The second-order valence-electron chi connectivity index (χ2n) is 4.83. The minimum absolute atomic E-state index is 0.0120. The van der Waals surface area contributed by atoms with Gasteiger partial charge < -0.3 is 14.6 Å². The van der Waals surface area contributed by atoms with Crippen molar-refractivity contribution >= 4 is 12.0 Å². The van der Waals surface area contributed by atoms with Gasteiger partial charge in [-0.3, -0.25) is 0 Å². The number of phenolic OH excluding ortho intramolecular Hbond substituents is 1. The number of ether oxygens (including phenoxy) is 2. The van der Waals surface area contributed by atoms with E-state index in [9.17, 15) is 9.90 Å². The summed E-state index contributed by atoms with van der Waals surface area (Å²) in [7, 11) is 1.32. The van der Waals surface area contributed by atoms with E-state index in [4.69, 9.17) is 9.47 Å². The number of aryl methyl sites for hydroxylation is 1. The Morgan fingerprint density at radius 3 is 2.45 bits per heavy atom. The molecule has 0 aliphatic carbocycles. The molecule has 2 rings (SSSR count). The van der Waals surface area contributed by atoms with Crippen molar-refractivity contribution < 1.29 is 19.4 Å². The van der Waals surface area contributed by atoms with Crippen LogP contribution in [0.3, 0.4) is 0 Å². The third-order valence-electron chi connectivity index (χ3n) is 3.11. The van der Waals surface area contributed by atoms with Crippen LogP contribution in [0.1, 0.15) is 11.1 Å². The van der Waals surface area contributed by atoms with Crippen LogP contribution in [-0.2, 0) is 9.53 Å². The molecule has 4 nitrogen and oxygen atoms in total. The van der Waals surface area contributed by atoms with Crippen molar-refractivity contribution in [2.24, 2.45) is 0 Å². The normalized spacial score (nSPS) is 11.1. The van der Waals surface area contributed by atoms with Crippen LogP contribution in [0.2, 0.25) is 0 Å². The molecule has 0 spiro atoms. The maximum Gasteiger partial charge on any atom is 0.337 e. The van der Waals surface area contributed by atoms with Crippen LogP contribution in [0.15, 0.2) is 54.1 Å². The molecule has 0 bridgehead atoms. The molecule has 0 amide bonds. The lowest BCUT2D eigenvalue weighted by Gasteiger charge is -2.10. The number of carbonyl (C=O) groups excluding carboxylic acids is 1. The first-order valence-electron chi connectivity index (χ1n) is 6.86. The van der Waals surface area contributed by atoms with Gasteiger partial charge in [0, 0.05) is 0 Å². The van der Waals surface area contributed by atoms with Gasteiger partial charge in [0.2, 0.25) is 0 Å². The fraction of sp³-hybridized carbons (Fsp3) is 0.167. The van der Waals surface area contributed by atoms with Crippen molar-refractivity contribution in [1.29, 1.82) is 0 Å². The maximum absolute atomic E-state index is 11.9. The number of esters is 1. The number of phenols is 1. The van der Waals surface area contributed by atoms with E-state index in [1.54, 1.807) is 24.3 Å². The van der Waals surface area contributed by atoms with Crippen LogP contribution in [0, 0.1) is 6.92 Å². The highest BCUT2D eigenvalue weighted by molar-refractivity contribution is 5.94. The van der Waals surface area contributed by atoms with E-state index in [-0.39, 0.29) is 12.4 Å². The quantitative estimate of drug-likeness (QED) is 0.679. The Morgan fingerprint density at radius 1 is 1.14 bits per heavy atom. The third-order valence-corrected chi connectivity index (χ3v) is 3.11. The first-order valence-corrected chi connectivity index (χ1v) is 6.86. The summed E-state index contributed by atoms with van der Waals surface area (Å²) < 4.78 is 10.3. The van der Waals surface area contributed by atoms with Crippen LogP contribution < -0.4 is 4.74 Å². The Kier molecular flexibility index (Phi) is 5.20. The fourth-order valence-electron chi connectivity index (χ4n) is 1.89. The highest BCUT2D eigenvalue weighted by atomic mass is 16.5. The summed E-state index contributed by atoms with van der Waals surface area (Å²) >= 11 is 0. The number of benzene rings is 2. The van der Waals surface area contributed by atoms with E-state index >= 15 is 0 Å². The van der Waals surface area contributed by atoms with Gasteiger partial charge in [-0.2, -0.15) is 0 Å². The monoisotopic (exact) mass is 298 g/mol. The molecule has 0 aromatic heterocycles. The molecule has 0 heterocycles. The molecule has 0 saturated carbocycles. The zero-order chi connectivity index (χ0) is 15.9. The number of aromatic hydroxyl groups is 1. The SMILES string of the molecule is COC(=O)/C(=C\c1ccc(C)cc1)COc1ccccc1O. The lowest BCUT2D eigenvalue weighted by atomic mass is 10.1. The maximum atomic E-state index is 11.9. The molecule has 22 heavy (non-hydrogen) atoms. The van der Waals surface area contributed by atoms with E-state index in [1.165, 1.54) is 13.2 Å². The molecule has 0 aliphatic rings. The molecule has 0 aliphatic heterocycles. The summed E-state index contributed by atoms with van der Waals surface area (Å²) in [6, 6.07) is 14.4. The molecular formula is C18H18O4. The largest absolute Gasteiger partial charge is 0.504 e. The summed E-state index contributed by atoms with van der Waals surface area (Å²) in [5.41, 5.74) is 2.39. The average molecular weight is 298 g/mol. The molecule has 0 saturated heterocycles. The molecule has 0 atom stereocenters. The Bertz CT molecular complexity index is 672. The van der Waals surface area contributed by atoms with Gasteiger partial charge in [-0.15, -0.1) is 0 Å². The van der Waals surface area contributed by atoms with Gasteiger partial charge in [0.05, 0.1) is 12.7 Å². The van der Waals surface area contributed by atoms with Gasteiger partial charge in [-0.1, -0.05) is 42.0 Å². The fourth-order valence-corrected chi connectivity index (χ4v) is 1.89. The number of rotatable bonds is 5. The smallest absolute Gasteiger partial charge is 0.337 e. The highest BCUT2D eigenvalue weighted by Crippen LogP contribution is 2.25. The van der Waals surface area contributed by atoms with Gasteiger partial charge in [-0.25, -0.2) is 4.79 Å². The van der Waals surface area contributed by atoms with Crippen molar-refractivity contribution in [2.45, 2.75) is 6.92 Å². The Morgan fingerprint density at radius 2 is 1.82 bits per heavy atom. The zero-order valence-corrected chi connectivity index (χ0v) is 12.6. The molecule has 0 fully saturated rings. The summed E-state index contributed by atoms with van der Waals surface area (Å²) in [5, 5.41) is 9.68. The van der Waals surface area contributed by atoms with E-state index in [0.29, 0.717) is 11.3 Å². The predicted octanol–water partition coefficient (Wildman–Crippen LogP) is 3.34. The van der Waals surface area contributed by atoms with Gasteiger partial charge in [-0.05, 0) is 30.7 Å².